The highest BCUT2D eigenvalue weighted by atomic mass is 16.6. The second kappa shape index (κ2) is 5.39. The minimum Gasteiger partial charge on any atom is -0.300 e. The molecule has 1 aromatic rings. The molecule has 0 spiro atoms. The monoisotopic (exact) mass is 221 g/mol. The number of carbonyl (C=O) groups is 1. The summed E-state index contributed by atoms with van der Waals surface area (Å²) in [6.45, 7) is 3.57. The normalized spacial score (nSPS) is 12.1. The van der Waals surface area contributed by atoms with Crippen molar-refractivity contribution in [2.75, 3.05) is 0 Å². The van der Waals surface area contributed by atoms with Crippen molar-refractivity contribution in [3.63, 3.8) is 0 Å². The van der Waals surface area contributed by atoms with Crippen molar-refractivity contribution < 1.29 is 9.72 Å². The number of non-ortho nitro benzene ring substituents is 1. The molecule has 0 saturated carbocycles. The Labute approximate surface area is 94.4 Å². The molecule has 0 saturated heterocycles. The number of Topliss-reactive ketones (excluding diaryl/α,β-unsaturated/α-hetero) is 1. The van der Waals surface area contributed by atoms with Gasteiger partial charge in [0, 0.05) is 18.6 Å². The topological polar surface area (TPSA) is 60.2 Å². The first-order valence-electron chi connectivity index (χ1n) is 5.28. The number of carbonyl (C=O) groups excluding carboxylic acids is 1. The molecule has 0 radical (unpaired) electrons. The van der Waals surface area contributed by atoms with Gasteiger partial charge in [-0.3, -0.25) is 10.1 Å². The van der Waals surface area contributed by atoms with E-state index < -0.39 is 4.92 Å². The lowest BCUT2D eigenvalue weighted by Crippen LogP contribution is -2.03. The van der Waals surface area contributed by atoms with Gasteiger partial charge in [-0.15, -0.1) is 0 Å². The molecule has 0 bridgehead atoms. The molecule has 0 unspecified atom stereocenters. The number of rotatable bonds is 5. The molecule has 86 valence electrons. The lowest BCUT2D eigenvalue weighted by molar-refractivity contribution is -0.384. The van der Waals surface area contributed by atoms with Gasteiger partial charge in [0.05, 0.1) is 4.92 Å². The van der Waals surface area contributed by atoms with Gasteiger partial charge >= 0.3 is 0 Å². The second-order valence-corrected chi connectivity index (χ2v) is 3.86. The third-order valence-corrected chi connectivity index (χ3v) is 2.60. The first-order valence-corrected chi connectivity index (χ1v) is 5.28. The van der Waals surface area contributed by atoms with Crippen LogP contribution in [0.3, 0.4) is 0 Å². The van der Waals surface area contributed by atoms with Gasteiger partial charge in [0.25, 0.3) is 5.69 Å². The predicted molar refractivity (Wildman–Crippen MR) is 61.4 cm³/mol. The van der Waals surface area contributed by atoms with Crippen molar-refractivity contribution in [3.8, 4) is 0 Å². The Morgan fingerprint density at radius 2 is 1.94 bits per heavy atom. The van der Waals surface area contributed by atoms with E-state index in [1.165, 1.54) is 12.1 Å². The Hall–Kier alpha value is -1.71. The number of benzene rings is 1. The molecule has 4 heteroatoms. The first kappa shape index (κ1) is 12.4. The summed E-state index contributed by atoms with van der Waals surface area (Å²) in [5.74, 6) is 0.309. The van der Waals surface area contributed by atoms with Crippen LogP contribution in [0.2, 0.25) is 0 Å². The molecule has 0 aliphatic rings. The van der Waals surface area contributed by atoms with Gasteiger partial charge in [-0.05, 0) is 24.8 Å². The van der Waals surface area contributed by atoms with Crippen LogP contribution in [-0.2, 0) is 4.79 Å². The molecular weight excluding hydrogens is 206 g/mol. The van der Waals surface area contributed by atoms with Crippen LogP contribution in [0, 0.1) is 10.1 Å². The van der Waals surface area contributed by atoms with Crippen LogP contribution < -0.4 is 0 Å². The van der Waals surface area contributed by atoms with Gasteiger partial charge in [-0.25, -0.2) is 0 Å². The van der Waals surface area contributed by atoms with Crippen LogP contribution in [0.15, 0.2) is 24.3 Å². The summed E-state index contributed by atoms with van der Waals surface area (Å²) < 4.78 is 0. The zero-order valence-corrected chi connectivity index (χ0v) is 9.47. The molecule has 16 heavy (non-hydrogen) atoms. The lowest BCUT2D eigenvalue weighted by Gasteiger charge is -2.12. The third-order valence-electron chi connectivity index (χ3n) is 2.60. The second-order valence-electron chi connectivity index (χ2n) is 3.86. The molecule has 0 aliphatic heterocycles. The standard InChI is InChI=1S/C12H15NO3/c1-3-10(8-9(2)14)11-4-6-12(7-5-11)13(15)16/h4-7,10H,3,8H2,1-2H3/t10-/m1/s1. The number of nitro groups is 1. The number of nitrogens with zero attached hydrogens (tertiary/aromatic N) is 1. The molecule has 0 amide bonds. The quantitative estimate of drug-likeness (QED) is 0.567. The third kappa shape index (κ3) is 3.15. The van der Waals surface area contributed by atoms with Crippen molar-refractivity contribution in [3.05, 3.63) is 39.9 Å². The van der Waals surface area contributed by atoms with E-state index >= 15 is 0 Å². The Morgan fingerprint density at radius 3 is 2.31 bits per heavy atom. The number of ketones is 1. The molecule has 4 nitrogen and oxygen atoms in total. The molecule has 1 atom stereocenters. The minimum atomic E-state index is -0.421. The van der Waals surface area contributed by atoms with Crippen LogP contribution in [0.5, 0.6) is 0 Å². The smallest absolute Gasteiger partial charge is 0.269 e. The van der Waals surface area contributed by atoms with E-state index in [9.17, 15) is 14.9 Å². The van der Waals surface area contributed by atoms with Crippen LogP contribution in [0.1, 0.15) is 38.2 Å². The lowest BCUT2D eigenvalue weighted by atomic mass is 9.92. The van der Waals surface area contributed by atoms with Crippen molar-refractivity contribution in [2.45, 2.75) is 32.6 Å². The van der Waals surface area contributed by atoms with Gasteiger partial charge in [0.1, 0.15) is 5.78 Å². The number of hydrogen-bond donors (Lipinski definition) is 0. The number of nitro benzene ring substituents is 1. The van der Waals surface area contributed by atoms with Gasteiger partial charge in [-0.1, -0.05) is 19.1 Å². The summed E-state index contributed by atoms with van der Waals surface area (Å²) in [5, 5.41) is 10.5. The van der Waals surface area contributed by atoms with Crippen molar-refractivity contribution in [1.82, 2.24) is 0 Å². The summed E-state index contributed by atoms with van der Waals surface area (Å²) in [4.78, 5) is 21.1. The highest BCUT2D eigenvalue weighted by Gasteiger charge is 2.13. The van der Waals surface area contributed by atoms with Gasteiger partial charge in [-0.2, -0.15) is 0 Å². The molecule has 0 heterocycles. The summed E-state index contributed by atoms with van der Waals surface area (Å²) in [6, 6.07) is 6.43. The van der Waals surface area contributed by atoms with E-state index in [0.717, 1.165) is 12.0 Å². The summed E-state index contributed by atoms with van der Waals surface area (Å²) in [5.41, 5.74) is 1.07. The van der Waals surface area contributed by atoms with Crippen LogP contribution >= 0.6 is 0 Å². The maximum absolute atomic E-state index is 11.1. The molecule has 1 rings (SSSR count). The molecular formula is C12H15NO3. The first-order chi connectivity index (χ1) is 7.54. The highest BCUT2D eigenvalue weighted by molar-refractivity contribution is 5.76. The zero-order chi connectivity index (χ0) is 12.1. The van der Waals surface area contributed by atoms with Crippen LogP contribution in [0.4, 0.5) is 5.69 Å². The molecule has 0 N–H and O–H groups in total. The molecule has 0 aromatic heterocycles. The molecule has 0 fully saturated rings. The summed E-state index contributed by atoms with van der Waals surface area (Å²) in [7, 11) is 0. The fourth-order valence-electron chi connectivity index (χ4n) is 1.71. The van der Waals surface area contributed by atoms with E-state index in [1.807, 2.05) is 6.92 Å². The summed E-state index contributed by atoms with van der Waals surface area (Å²) in [6.07, 6.45) is 1.35. The Bertz CT molecular complexity index is 384. The van der Waals surface area contributed by atoms with Gasteiger partial charge < -0.3 is 4.79 Å². The van der Waals surface area contributed by atoms with E-state index in [1.54, 1.807) is 19.1 Å². The number of hydrogen-bond acceptors (Lipinski definition) is 3. The van der Waals surface area contributed by atoms with Crippen LogP contribution in [-0.4, -0.2) is 10.7 Å². The largest absolute Gasteiger partial charge is 0.300 e. The van der Waals surface area contributed by atoms with E-state index in [4.69, 9.17) is 0 Å². The van der Waals surface area contributed by atoms with Gasteiger partial charge in [0.2, 0.25) is 0 Å². The SMILES string of the molecule is CC[C@H](CC(C)=O)c1ccc([N+](=O)[O-])cc1. The minimum absolute atomic E-state index is 0.0847. The fraction of sp³-hybridized carbons (Fsp3) is 0.417. The van der Waals surface area contributed by atoms with E-state index in [0.29, 0.717) is 6.42 Å². The molecule has 0 aliphatic carbocycles. The van der Waals surface area contributed by atoms with Crippen molar-refractivity contribution in [1.29, 1.82) is 0 Å². The van der Waals surface area contributed by atoms with Crippen LogP contribution in [0.25, 0.3) is 0 Å². The average molecular weight is 221 g/mol. The predicted octanol–water partition coefficient (Wildman–Crippen LogP) is 3.07. The van der Waals surface area contributed by atoms with Crippen molar-refractivity contribution >= 4 is 11.5 Å². The van der Waals surface area contributed by atoms with Crippen molar-refractivity contribution in [2.24, 2.45) is 0 Å². The fourth-order valence-corrected chi connectivity index (χ4v) is 1.71. The maximum Gasteiger partial charge on any atom is 0.269 e. The Balaban J connectivity index is 2.86. The molecule has 1 aromatic carbocycles. The zero-order valence-electron chi connectivity index (χ0n) is 9.47. The highest BCUT2D eigenvalue weighted by Crippen LogP contribution is 2.25. The van der Waals surface area contributed by atoms with E-state index in [2.05, 4.69) is 0 Å². The van der Waals surface area contributed by atoms with Gasteiger partial charge in [0.15, 0.2) is 0 Å². The Morgan fingerprint density at radius 1 is 1.38 bits per heavy atom. The average Bonchev–Trinajstić information content (AvgIpc) is 2.25. The van der Waals surface area contributed by atoms with E-state index in [-0.39, 0.29) is 17.4 Å². The Kier molecular flexibility index (Phi) is 4.17. The summed E-state index contributed by atoms with van der Waals surface area (Å²) >= 11 is 0. The maximum atomic E-state index is 11.1.